The monoisotopic (exact) mass is 723 g/mol. The molecule has 2 fully saturated rings. The Labute approximate surface area is 303 Å². The Hall–Kier alpha value is -4.88. The standard InChI is InChI=1S/C38H35ClFN7O3S/c1-23-44-31-19-43-35(45(2)26-9-15-46(16-10-26)22-38(21-40)11-4-12-38)29(18-41)32(31)36(48)47(23)14-3-5-24-6-7-25(39)17-28(24)27-8-13-42-33-30(37(49)50)20-51-34(27)33/h6-8,13,17,19-20,26H,4,9-12,14-16,21-22H2,1-2H3,(H,49,50). The van der Waals surface area contributed by atoms with Crippen molar-refractivity contribution >= 4 is 55.8 Å². The zero-order chi connectivity index (χ0) is 35.9. The molecule has 51 heavy (non-hydrogen) atoms. The predicted molar refractivity (Wildman–Crippen MR) is 197 cm³/mol. The number of halogens is 2. The maximum Gasteiger partial charge on any atom is 0.338 e. The summed E-state index contributed by atoms with van der Waals surface area (Å²) in [6.45, 7) is 3.95. The van der Waals surface area contributed by atoms with Crippen molar-refractivity contribution in [1.29, 1.82) is 5.26 Å². The zero-order valence-electron chi connectivity index (χ0n) is 28.2. The fraction of sp³-hybridized carbons (Fsp3) is 0.368. The molecule has 1 aromatic carbocycles. The first-order valence-electron chi connectivity index (χ1n) is 16.8. The number of alkyl halides is 1. The zero-order valence-corrected chi connectivity index (χ0v) is 29.8. The van der Waals surface area contributed by atoms with Crippen LogP contribution in [0, 0.1) is 35.5 Å². The highest BCUT2D eigenvalue weighted by atomic mass is 35.5. The normalized spacial score (nSPS) is 16.0. The number of hydrogen-bond donors (Lipinski definition) is 1. The van der Waals surface area contributed by atoms with Crippen LogP contribution in [0.3, 0.4) is 0 Å². The molecule has 1 N–H and O–H groups in total. The number of nitriles is 1. The second-order valence-corrected chi connectivity index (χ2v) is 14.8. The van der Waals surface area contributed by atoms with E-state index in [4.69, 9.17) is 11.6 Å². The lowest BCUT2D eigenvalue weighted by atomic mass is 9.69. The van der Waals surface area contributed by atoms with E-state index in [0.717, 1.165) is 57.3 Å². The van der Waals surface area contributed by atoms with Crippen LogP contribution < -0.4 is 10.5 Å². The molecule has 0 amide bonds. The molecule has 0 spiro atoms. The van der Waals surface area contributed by atoms with E-state index in [0.29, 0.717) is 43.5 Å². The summed E-state index contributed by atoms with van der Waals surface area (Å²) in [5, 5.41) is 22.2. The number of aromatic nitrogens is 4. The summed E-state index contributed by atoms with van der Waals surface area (Å²) >= 11 is 7.69. The van der Waals surface area contributed by atoms with Gasteiger partial charge in [0.1, 0.15) is 23.3 Å². The quantitative estimate of drug-likeness (QED) is 0.174. The molecule has 1 saturated heterocycles. The van der Waals surface area contributed by atoms with Crippen molar-refractivity contribution in [2.75, 3.05) is 38.3 Å². The molecule has 260 valence electrons. The third-order valence-electron chi connectivity index (χ3n) is 10.4. The van der Waals surface area contributed by atoms with Gasteiger partial charge in [-0.05, 0) is 56.9 Å². The average molecular weight is 724 g/mol. The molecule has 0 bridgehead atoms. The minimum atomic E-state index is -1.05. The van der Waals surface area contributed by atoms with Gasteiger partial charge in [0.25, 0.3) is 5.56 Å². The minimum absolute atomic E-state index is 0.0147. The molecule has 13 heteroatoms. The lowest BCUT2D eigenvalue weighted by molar-refractivity contribution is 0.0310. The summed E-state index contributed by atoms with van der Waals surface area (Å²) in [4.78, 5) is 43.7. The fourth-order valence-corrected chi connectivity index (χ4v) is 8.55. The van der Waals surface area contributed by atoms with Gasteiger partial charge in [-0.2, -0.15) is 5.26 Å². The number of carboxylic acids is 1. The summed E-state index contributed by atoms with van der Waals surface area (Å²) in [6.07, 6.45) is 7.82. The molecule has 5 aromatic rings. The van der Waals surface area contributed by atoms with Crippen LogP contribution in [-0.2, 0) is 6.54 Å². The predicted octanol–water partition coefficient (Wildman–Crippen LogP) is 6.69. The van der Waals surface area contributed by atoms with E-state index in [1.165, 1.54) is 15.9 Å². The number of benzene rings is 1. The molecule has 0 unspecified atom stereocenters. The van der Waals surface area contributed by atoms with Gasteiger partial charge in [-0.3, -0.25) is 18.7 Å². The van der Waals surface area contributed by atoms with Gasteiger partial charge < -0.3 is 14.9 Å². The van der Waals surface area contributed by atoms with Crippen LogP contribution in [0.5, 0.6) is 0 Å². The second-order valence-electron chi connectivity index (χ2n) is 13.5. The smallest absolute Gasteiger partial charge is 0.338 e. The number of aryl methyl sites for hydroxylation is 1. The number of nitrogens with zero attached hydrogens (tertiary/aromatic N) is 7. The third-order valence-corrected chi connectivity index (χ3v) is 11.6. The summed E-state index contributed by atoms with van der Waals surface area (Å²) in [5.74, 6) is 6.11. The van der Waals surface area contributed by atoms with Crippen molar-refractivity contribution in [3.05, 3.63) is 79.9 Å². The first-order chi connectivity index (χ1) is 24.6. The van der Waals surface area contributed by atoms with E-state index in [9.17, 15) is 24.3 Å². The Morgan fingerprint density at radius 2 is 2.00 bits per heavy atom. The van der Waals surface area contributed by atoms with Crippen molar-refractivity contribution in [2.45, 2.75) is 51.6 Å². The van der Waals surface area contributed by atoms with E-state index in [2.05, 4.69) is 37.8 Å². The van der Waals surface area contributed by atoms with Crippen molar-refractivity contribution in [2.24, 2.45) is 5.41 Å². The van der Waals surface area contributed by atoms with Gasteiger partial charge in [0.15, 0.2) is 0 Å². The number of thiophene rings is 1. The van der Waals surface area contributed by atoms with Gasteiger partial charge in [-0.25, -0.2) is 14.8 Å². The number of hydrogen-bond acceptors (Lipinski definition) is 9. The van der Waals surface area contributed by atoms with E-state index in [1.54, 1.807) is 49.0 Å². The van der Waals surface area contributed by atoms with Crippen molar-refractivity contribution in [1.82, 2.24) is 24.4 Å². The van der Waals surface area contributed by atoms with Gasteiger partial charge >= 0.3 is 5.97 Å². The van der Waals surface area contributed by atoms with Crippen LogP contribution in [0.25, 0.3) is 32.2 Å². The van der Waals surface area contributed by atoms with Gasteiger partial charge in [-0.1, -0.05) is 29.9 Å². The molecule has 5 heterocycles. The Balaban J connectivity index is 1.17. The summed E-state index contributed by atoms with van der Waals surface area (Å²) in [5.41, 5.74) is 2.60. The second kappa shape index (κ2) is 14.0. The molecule has 1 aliphatic carbocycles. The van der Waals surface area contributed by atoms with Gasteiger partial charge in [0, 0.05) is 71.4 Å². The summed E-state index contributed by atoms with van der Waals surface area (Å²) in [6, 6.07) is 9.45. The molecule has 7 rings (SSSR count). The van der Waals surface area contributed by atoms with E-state index < -0.39 is 5.97 Å². The van der Waals surface area contributed by atoms with Crippen LogP contribution >= 0.6 is 22.9 Å². The Kier molecular flexibility index (Phi) is 9.51. The van der Waals surface area contributed by atoms with Crippen LogP contribution in [0.2, 0.25) is 5.02 Å². The molecular weight excluding hydrogens is 689 g/mol. The number of anilines is 1. The summed E-state index contributed by atoms with van der Waals surface area (Å²) in [7, 11) is 1.91. The molecule has 2 aliphatic rings. The SMILES string of the molecule is Cc1nc2cnc(N(C)C3CCN(CC4(CF)CCC4)CC3)c(C#N)c2c(=O)n1CC#Cc1ccc(Cl)cc1-c1ccnc2c(C(=O)O)csc12. The number of pyridine rings is 2. The van der Waals surface area contributed by atoms with Crippen LogP contribution in [0.1, 0.15) is 59.4 Å². The summed E-state index contributed by atoms with van der Waals surface area (Å²) < 4.78 is 15.9. The molecule has 1 aliphatic heterocycles. The fourth-order valence-electron chi connectivity index (χ4n) is 7.35. The molecule has 0 radical (unpaired) electrons. The number of carbonyl (C=O) groups is 1. The first-order valence-corrected chi connectivity index (χ1v) is 18.1. The first kappa shape index (κ1) is 34.6. The highest BCUT2D eigenvalue weighted by Gasteiger charge is 2.39. The van der Waals surface area contributed by atoms with E-state index >= 15 is 0 Å². The van der Waals surface area contributed by atoms with Crippen molar-refractivity contribution in [3.63, 3.8) is 0 Å². The van der Waals surface area contributed by atoms with Gasteiger partial charge in [0.05, 0.1) is 46.1 Å². The maximum absolute atomic E-state index is 14.0. The van der Waals surface area contributed by atoms with Crippen molar-refractivity contribution < 1.29 is 14.3 Å². The number of aromatic carboxylic acids is 1. The van der Waals surface area contributed by atoms with Crippen molar-refractivity contribution in [3.8, 4) is 29.0 Å². The molecular formula is C38H35ClFN7O3S. The van der Waals surface area contributed by atoms with E-state index in [1.807, 2.05) is 11.9 Å². The lowest BCUT2D eigenvalue weighted by Crippen LogP contribution is -2.49. The number of carboxylic acid groups (broad SMARTS) is 1. The number of likely N-dealkylation sites (tertiary alicyclic amines) is 1. The average Bonchev–Trinajstić information content (AvgIpc) is 3.56. The minimum Gasteiger partial charge on any atom is -0.478 e. The molecule has 4 aromatic heterocycles. The van der Waals surface area contributed by atoms with Gasteiger partial charge in [0.2, 0.25) is 0 Å². The molecule has 10 nitrogen and oxygen atoms in total. The van der Waals surface area contributed by atoms with E-state index in [-0.39, 0.29) is 46.7 Å². The molecule has 0 atom stereocenters. The topological polar surface area (TPSA) is 128 Å². The highest BCUT2D eigenvalue weighted by molar-refractivity contribution is 7.18. The number of piperidine rings is 1. The Morgan fingerprint density at radius 1 is 1.22 bits per heavy atom. The maximum atomic E-state index is 14.0. The van der Waals surface area contributed by atoms with Gasteiger partial charge in [-0.15, -0.1) is 11.3 Å². The van der Waals surface area contributed by atoms with Crippen LogP contribution in [0.15, 0.2) is 46.8 Å². The third kappa shape index (κ3) is 6.44. The molecule has 1 saturated carbocycles. The highest BCUT2D eigenvalue weighted by Crippen LogP contribution is 2.42. The lowest BCUT2D eigenvalue weighted by Gasteiger charge is -2.45. The number of fused-ring (bicyclic) bond motifs is 2. The van der Waals surface area contributed by atoms with Crippen LogP contribution in [-0.4, -0.2) is 74.9 Å². The van der Waals surface area contributed by atoms with Crippen LogP contribution in [0.4, 0.5) is 10.2 Å². The number of rotatable bonds is 8. The Morgan fingerprint density at radius 3 is 2.69 bits per heavy atom. The largest absolute Gasteiger partial charge is 0.478 e. The Bertz CT molecular complexity index is 2340.